The Bertz CT molecular complexity index is 140. The van der Waals surface area contributed by atoms with E-state index in [4.69, 9.17) is 5.11 Å². The lowest BCUT2D eigenvalue weighted by molar-refractivity contribution is -0.149. The first-order valence-corrected chi connectivity index (χ1v) is 3.34. The van der Waals surface area contributed by atoms with Crippen molar-refractivity contribution < 1.29 is 14.7 Å². The Morgan fingerprint density at radius 1 is 1.50 bits per heavy atom. The third-order valence-electron chi connectivity index (χ3n) is 1.47. The molecule has 0 radical (unpaired) electrons. The van der Waals surface area contributed by atoms with E-state index in [0.717, 1.165) is 6.42 Å². The van der Waals surface area contributed by atoms with E-state index in [9.17, 15) is 9.59 Å². The first kappa shape index (κ1) is 9.14. The Hall–Kier alpha value is -0.860. The van der Waals surface area contributed by atoms with Crippen LogP contribution in [0.15, 0.2) is 0 Å². The molecular weight excluding hydrogens is 132 g/mol. The summed E-state index contributed by atoms with van der Waals surface area (Å²) in [5.74, 6) is -1.82. The number of carbonyl (C=O) groups excluding carboxylic acids is 1. The summed E-state index contributed by atoms with van der Waals surface area (Å²) in [6, 6.07) is 0. The van der Waals surface area contributed by atoms with Crippen LogP contribution in [0.3, 0.4) is 0 Å². The van der Waals surface area contributed by atoms with Crippen molar-refractivity contribution in [3.05, 3.63) is 0 Å². The van der Waals surface area contributed by atoms with Gasteiger partial charge in [-0.05, 0) is 5.92 Å². The normalized spacial score (nSPS) is 12.6. The summed E-state index contributed by atoms with van der Waals surface area (Å²) >= 11 is 0. The molecule has 0 aromatic carbocycles. The van der Waals surface area contributed by atoms with Gasteiger partial charge in [0.15, 0.2) is 0 Å². The molecule has 3 heteroatoms. The highest BCUT2D eigenvalue weighted by atomic mass is 16.4. The van der Waals surface area contributed by atoms with Gasteiger partial charge in [0.25, 0.3) is 0 Å². The number of ketones is 1. The van der Waals surface area contributed by atoms with Gasteiger partial charge in [-0.25, -0.2) is 4.79 Å². The average molecular weight is 144 g/mol. The number of hydrogen-bond acceptors (Lipinski definition) is 2. The molecule has 10 heavy (non-hydrogen) atoms. The van der Waals surface area contributed by atoms with Gasteiger partial charge in [0.1, 0.15) is 0 Å². The van der Waals surface area contributed by atoms with Gasteiger partial charge in [0.2, 0.25) is 5.78 Å². The topological polar surface area (TPSA) is 54.4 Å². The highest BCUT2D eigenvalue weighted by Crippen LogP contribution is 2.06. The molecule has 0 rings (SSSR count). The van der Waals surface area contributed by atoms with Gasteiger partial charge >= 0.3 is 5.97 Å². The molecule has 0 aliphatic rings. The molecule has 0 aliphatic heterocycles. The lowest BCUT2D eigenvalue weighted by Gasteiger charge is -2.02. The molecule has 0 bridgehead atoms. The molecule has 0 fully saturated rings. The summed E-state index contributed by atoms with van der Waals surface area (Å²) in [6.45, 7) is 3.79. The van der Waals surface area contributed by atoms with Gasteiger partial charge in [0.05, 0.1) is 0 Å². The van der Waals surface area contributed by atoms with Gasteiger partial charge in [0, 0.05) is 6.42 Å². The molecule has 0 saturated carbocycles. The quantitative estimate of drug-likeness (QED) is 0.600. The first-order valence-electron chi connectivity index (χ1n) is 3.34. The second kappa shape index (κ2) is 4.04. The summed E-state index contributed by atoms with van der Waals surface area (Å²) < 4.78 is 0. The fourth-order valence-electron chi connectivity index (χ4n) is 0.548. The number of aliphatic carboxylic acids is 1. The Labute approximate surface area is 60.0 Å². The van der Waals surface area contributed by atoms with Crippen molar-refractivity contribution in [3.8, 4) is 0 Å². The maximum atomic E-state index is 10.5. The molecular formula is C7H12O3. The molecule has 0 saturated heterocycles. The standard InChI is InChI=1S/C7H12O3/c1-3-5(2)4-6(8)7(9)10/h5H,3-4H2,1-2H3,(H,9,10)/t5-/m0/s1. The van der Waals surface area contributed by atoms with Gasteiger partial charge in [-0.3, -0.25) is 4.79 Å². The van der Waals surface area contributed by atoms with Gasteiger partial charge in [-0.15, -0.1) is 0 Å². The van der Waals surface area contributed by atoms with Crippen LogP contribution in [0.5, 0.6) is 0 Å². The highest BCUT2D eigenvalue weighted by Gasteiger charge is 2.13. The Balaban J connectivity index is 3.68. The van der Waals surface area contributed by atoms with Crippen LogP contribution in [0.1, 0.15) is 26.7 Å². The molecule has 3 nitrogen and oxygen atoms in total. The monoisotopic (exact) mass is 144 g/mol. The predicted octanol–water partition coefficient (Wildman–Crippen LogP) is 1.08. The van der Waals surface area contributed by atoms with E-state index in [1.165, 1.54) is 0 Å². The summed E-state index contributed by atoms with van der Waals surface area (Å²) in [5, 5.41) is 8.18. The number of carboxylic acids is 1. The lowest BCUT2D eigenvalue weighted by Crippen LogP contribution is -2.15. The van der Waals surface area contributed by atoms with E-state index >= 15 is 0 Å². The van der Waals surface area contributed by atoms with Crippen molar-refractivity contribution >= 4 is 11.8 Å². The molecule has 1 atom stereocenters. The fraction of sp³-hybridized carbons (Fsp3) is 0.714. The molecule has 0 aromatic heterocycles. The van der Waals surface area contributed by atoms with Crippen LogP contribution in [0, 0.1) is 5.92 Å². The van der Waals surface area contributed by atoms with Crippen LogP contribution >= 0.6 is 0 Å². The van der Waals surface area contributed by atoms with E-state index in [0.29, 0.717) is 0 Å². The van der Waals surface area contributed by atoms with Crippen molar-refractivity contribution in [1.82, 2.24) is 0 Å². The van der Waals surface area contributed by atoms with Gasteiger partial charge in [-0.1, -0.05) is 20.3 Å². The number of carboxylic acid groups (broad SMARTS) is 1. The van der Waals surface area contributed by atoms with E-state index in [2.05, 4.69) is 0 Å². The summed E-state index contributed by atoms with van der Waals surface area (Å²) in [4.78, 5) is 20.5. The zero-order chi connectivity index (χ0) is 8.15. The minimum absolute atomic E-state index is 0.159. The largest absolute Gasteiger partial charge is 0.476 e. The molecule has 0 amide bonds. The number of Topliss-reactive ketones (excluding diaryl/α,β-unsaturated/α-hetero) is 1. The van der Waals surface area contributed by atoms with Gasteiger partial charge < -0.3 is 5.11 Å². The minimum atomic E-state index is -1.32. The van der Waals surface area contributed by atoms with Crippen molar-refractivity contribution in [1.29, 1.82) is 0 Å². The van der Waals surface area contributed by atoms with E-state index < -0.39 is 11.8 Å². The smallest absolute Gasteiger partial charge is 0.372 e. The molecule has 0 heterocycles. The lowest BCUT2D eigenvalue weighted by atomic mass is 10.0. The third-order valence-corrected chi connectivity index (χ3v) is 1.47. The molecule has 58 valence electrons. The van der Waals surface area contributed by atoms with Crippen molar-refractivity contribution in [2.75, 3.05) is 0 Å². The number of rotatable bonds is 4. The van der Waals surface area contributed by atoms with Crippen LogP contribution in [-0.2, 0) is 9.59 Å². The Kier molecular flexibility index (Phi) is 3.69. The van der Waals surface area contributed by atoms with Crippen molar-refractivity contribution in [2.24, 2.45) is 5.92 Å². The second-order valence-corrected chi connectivity index (χ2v) is 2.45. The molecule has 0 aromatic rings. The van der Waals surface area contributed by atoms with E-state index in [1.807, 2.05) is 13.8 Å². The zero-order valence-electron chi connectivity index (χ0n) is 6.26. The Morgan fingerprint density at radius 3 is 2.30 bits per heavy atom. The van der Waals surface area contributed by atoms with E-state index in [1.54, 1.807) is 0 Å². The van der Waals surface area contributed by atoms with Crippen LogP contribution in [0.25, 0.3) is 0 Å². The zero-order valence-corrected chi connectivity index (χ0v) is 6.26. The maximum Gasteiger partial charge on any atom is 0.372 e. The second-order valence-electron chi connectivity index (χ2n) is 2.45. The van der Waals surface area contributed by atoms with Crippen LogP contribution in [0.2, 0.25) is 0 Å². The van der Waals surface area contributed by atoms with Crippen LogP contribution in [-0.4, -0.2) is 16.9 Å². The van der Waals surface area contributed by atoms with Crippen LogP contribution < -0.4 is 0 Å². The van der Waals surface area contributed by atoms with Crippen molar-refractivity contribution in [3.63, 3.8) is 0 Å². The fourth-order valence-corrected chi connectivity index (χ4v) is 0.548. The SMILES string of the molecule is CC[C@H](C)CC(=O)C(=O)O. The molecule has 0 aliphatic carbocycles. The molecule has 0 unspecified atom stereocenters. The maximum absolute atomic E-state index is 10.5. The molecule has 0 spiro atoms. The summed E-state index contributed by atoms with van der Waals surface area (Å²) in [6.07, 6.45) is 1.00. The summed E-state index contributed by atoms with van der Waals surface area (Å²) in [7, 11) is 0. The average Bonchev–Trinajstić information content (AvgIpc) is 1.87. The van der Waals surface area contributed by atoms with Crippen molar-refractivity contribution in [2.45, 2.75) is 26.7 Å². The minimum Gasteiger partial charge on any atom is -0.476 e. The molecule has 1 N–H and O–H groups in total. The van der Waals surface area contributed by atoms with Crippen LogP contribution in [0.4, 0.5) is 0 Å². The third kappa shape index (κ3) is 3.22. The summed E-state index contributed by atoms with van der Waals surface area (Å²) in [5.41, 5.74) is 0. The van der Waals surface area contributed by atoms with Gasteiger partial charge in [-0.2, -0.15) is 0 Å². The highest BCUT2D eigenvalue weighted by molar-refractivity contribution is 6.32. The van der Waals surface area contributed by atoms with E-state index in [-0.39, 0.29) is 12.3 Å². The number of hydrogen-bond donors (Lipinski definition) is 1. The number of carbonyl (C=O) groups is 2. The predicted molar refractivity (Wildman–Crippen MR) is 36.7 cm³/mol. The Morgan fingerprint density at radius 2 is 2.00 bits per heavy atom. The first-order chi connectivity index (χ1) is 4.57.